The number of nitrogens with one attached hydrogen (secondary N) is 2. The van der Waals surface area contributed by atoms with Gasteiger partial charge in [0.15, 0.2) is 0 Å². The minimum atomic E-state index is -0.166. The first-order chi connectivity index (χ1) is 12.7. The maximum Gasteiger partial charge on any atom is 0.257 e. The van der Waals surface area contributed by atoms with Crippen LogP contribution in [0.1, 0.15) is 10.6 Å². The van der Waals surface area contributed by atoms with Crippen molar-refractivity contribution in [2.24, 2.45) is 0 Å². The number of thiophene rings is 1. The van der Waals surface area contributed by atoms with Crippen molar-refractivity contribution in [3.8, 4) is 22.4 Å². The van der Waals surface area contributed by atoms with E-state index < -0.39 is 0 Å². The van der Waals surface area contributed by atoms with Gasteiger partial charge in [0.05, 0.1) is 15.6 Å². The first kappa shape index (κ1) is 16.8. The van der Waals surface area contributed by atoms with Crippen LogP contribution in [0.3, 0.4) is 0 Å². The van der Waals surface area contributed by atoms with Crippen LogP contribution in [0.2, 0.25) is 4.34 Å². The number of hydrogen-bond acceptors (Lipinski definition) is 4. The third-order valence-electron chi connectivity index (χ3n) is 4.07. The van der Waals surface area contributed by atoms with Crippen molar-refractivity contribution in [3.05, 3.63) is 80.2 Å². The van der Waals surface area contributed by atoms with Gasteiger partial charge < -0.3 is 4.98 Å². The second-order valence-electron chi connectivity index (χ2n) is 5.86. The summed E-state index contributed by atoms with van der Waals surface area (Å²) in [5.41, 5.74) is 3.82. The highest BCUT2D eigenvalue weighted by atomic mass is 35.5. The SMILES string of the molecule is O=c1[nH]cc(-c2cccnc2)cc1-c1cc(CCc2ccc(Cl)s2)[nH]n1. The molecule has 0 unspecified atom stereocenters. The lowest BCUT2D eigenvalue weighted by atomic mass is 10.1. The highest BCUT2D eigenvalue weighted by Crippen LogP contribution is 2.24. The minimum Gasteiger partial charge on any atom is -0.328 e. The lowest BCUT2D eigenvalue weighted by molar-refractivity contribution is 0.904. The van der Waals surface area contributed by atoms with E-state index in [1.807, 2.05) is 36.4 Å². The van der Waals surface area contributed by atoms with Crippen molar-refractivity contribution in [2.45, 2.75) is 12.8 Å². The number of aromatic amines is 2. The van der Waals surface area contributed by atoms with Gasteiger partial charge in [0.1, 0.15) is 0 Å². The number of halogens is 1. The highest BCUT2D eigenvalue weighted by Gasteiger charge is 2.11. The molecule has 2 N–H and O–H groups in total. The minimum absolute atomic E-state index is 0.166. The summed E-state index contributed by atoms with van der Waals surface area (Å²) in [4.78, 5) is 20.4. The van der Waals surface area contributed by atoms with Crippen LogP contribution in [0.25, 0.3) is 22.4 Å². The molecule has 0 amide bonds. The zero-order valence-corrected chi connectivity index (χ0v) is 15.3. The molecule has 0 bridgehead atoms. The van der Waals surface area contributed by atoms with E-state index in [2.05, 4.69) is 20.2 Å². The smallest absolute Gasteiger partial charge is 0.257 e. The highest BCUT2D eigenvalue weighted by molar-refractivity contribution is 7.16. The van der Waals surface area contributed by atoms with Gasteiger partial charge in [0, 0.05) is 40.3 Å². The fraction of sp³-hybridized carbons (Fsp3) is 0.105. The van der Waals surface area contributed by atoms with Crippen LogP contribution < -0.4 is 5.56 Å². The molecule has 130 valence electrons. The summed E-state index contributed by atoms with van der Waals surface area (Å²) in [5.74, 6) is 0. The van der Waals surface area contributed by atoms with Crippen LogP contribution in [-0.4, -0.2) is 20.2 Å². The van der Waals surface area contributed by atoms with Crippen LogP contribution in [-0.2, 0) is 12.8 Å². The average molecular weight is 383 g/mol. The third kappa shape index (κ3) is 3.61. The molecule has 0 aliphatic heterocycles. The fourth-order valence-corrected chi connectivity index (χ4v) is 3.83. The quantitative estimate of drug-likeness (QED) is 0.539. The summed E-state index contributed by atoms with van der Waals surface area (Å²) in [6.07, 6.45) is 6.86. The van der Waals surface area contributed by atoms with Crippen LogP contribution in [0.15, 0.2) is 59.8 Å². The van der Waals surface area contributed by atoms with Crippen LogP contribution in [0.5, 0.6) is 0 Å². The predicted molar refractivity (Wildman–Crippen MR) is 105 cm³/mol. The predicted octanol–water partition coefficient (Wildman–Crippen LogP) is 4.33. The number of hydrogen-bond donors (Lipinski definition) is 2. The zero-order valence-electron chi connectivity index (χ0n) is 13.7. The molecule has 0 spiro atoms. The van der Waals surface area contributed by atoms with Gasteiger partial charge in [-0.05, 0) is 43.2 Å². The molecule has 0 aromatic carbocycles. The molecule has 0 aliphatic carbocycles. The molecule has 4 rings (SSSR count). The average Bonchev–Trinajstić information content (AvgIpc) is 3.30. The van der Waals surface area contributed by atoms with Crippen LogP contribution in [0, 0.1) is 0 Å². The third-order valence-corrected chi connectivity index (χ3v) is 5.37. The number of pyridine rings is 2. The molecule has 4 aromatic rings. The number of aromatic nitrogens is 4. The Morgan fingerprint density at radius 1 is 1.12 bits per heavy atom. The maximum atomic E-state index is 12.3. The standard InChI is InChI=1S/C19H15ClN4OS/c20-18-6-5-15(26-18)4-3-14-9-17(24-23-14)16-8-13(11-22-19(16)25)12-2-1-7-21-10-12/h1-2,5-11H,3-4H2,(H,22,25)(H,23,24). The van der Waals surface area contributed by atoms with Gasteiger partial charge in [-0.3, -0.25) is 14.9 Å². The molecule has 7 heteroatoms. The summed E-state index contributed by atoms with van der Waals surface area (Å²) in [7, 11) is 0. The number of aryl methyl sites for hydroxylation is 2. The summed E-state index contributed by atoms with van der Waals surface area (Å²) >= 11 is 7.55. The van der Waals surface area contributed by atoms with Gasteiger partial charge in [0.2, 0.25) is 0 Å². The molecule has 0 radical (unpaired) electrons. The Kier molecular flexibility index (Phi) is 4.69. The number of rotatable bonds is 5. The lowest BCUT2D eigenvalue weighted by Gasteiger charge is -2.02. The van der Waals surface area contributed by atoms with Gasteiger partial charge in [-0.1, -0.05) is 17.7 Å². The van der Waals surface area contributed by atoms with E-state index >= 15 is 0 Å². The topological polar surface area (TPSA) is 74.4 Å². The molecule has 0 saturated carbocycles. The Hall–Kier alpha value is -2.70. The molecule has 5 nitrogen and oxygen atoms in total. The molecule has 0 atom stereocenters. The summed E-state index contributed by atoms with van der Waals surface area (Å²) in [5, 5.41) is 7.34. The van der Waals surface area contributed by atoms with Crippen molar-refractivity contribution in [1.82, 2.24) is 20.2 Å². The largest absolute Gasteiger partial charge is 0.328 e. The van der Waals surface area contributed by atoms with Gasteiger partial charge in [-0.25, -0.2) is 0 Å². The Morgan fingerprint density at radius 3 is 2.81 bits per heavy atom. The van der Waals surface area contributed by atoms with E-state index in [0.717, 1.165) is 34.0 Å². The summed E-state index contributed by atoms with van der Waals surface area (Å²) < 4.78 is 0.795. The Morgan fingerprint density at radius 2 is 2.04 bits per heavy atom. The Labute approximate surface area is 158 Å². The summed E-state index contributed by atoms with van der Waals surface area (Å²) in [6, 6.07) is 11.5. The summed E-state index contributed by atoms with van der Waals surface area (Å²) in [6.45, 7) is 0. The van der Waals surface area contributed by atoms with E-state index in [-0.39, 0.29) is 5.56 Å². The van der Waals surface area contributed by atoms with Crippen molar-refractivity contribution >= 4 is 22.9 Å². The molecule has 4 heterocycles. The van der Waals surface area contributed by atoms with E-state index in [9.17, 15) is 4.79 Å². The maximum absolute atomic E-state index is 12.3. The molecule has 4 aromatic heterocycles. The molecule has 0 saturated heterocycles. The number of nitrogens with zero attached hydrogens (tertiary/aromatic N) is 2. The van der Waals surface area contributed by atoms with Crippen LogP contribution >= 0.6 is 22.9 Å². The van der Waals surface area contributed by atoms with E-state index in [1.165, 1.54) is 4.88 Å². The molecule has 0 aliphatic rings. The fourth-order valence-electron chi connectivity index (χ4n) is 2.75. The van der Waals surface area contributed by atoms with Crippen molar-refractivity contribution in [2.75, 3.05) is 0 Å². The number of H-pyrrole nitrogens is 2. The molecular weight excluding hydrogens is 368 g/mol. The lowest BCUT2D eigenvalue weighted by Crippen LogP contribution is -2.08. The molecular formula is C19H15ClN4OS. The zero-order chi connectivity index (χ0) is 17.9. The van der Waals surface area contributed by atoms with E-state index in [1.54, 1.807) is 29.9 Å². The van der Waals surface area contributed by atoms with Crippen molar-refractivity contribution in [3.63, 3.8) is 0 Å². The van der Waals surface area contributed by atoms with Gasteiger partial charge in [-0.15, -0.1) is 11.3 Å². The van der Waals surface area contributed by atoms with Gasteiger partial charge >= 0.3 is 0 Å². The first-order valence-electron chi connectivity index (χ1n) is 8.11. The van der Waals surface area contributed by atoms with Crippen molar-refractivity contribution in [1.29, 1.82) is 0 Å². The van der Waals surface area contributed by atoms with Crippen LogP contribution in [0.4, 0.5) is 0 Å². The normalized spacial score (nSPS) is 11.0. The van der Waals surface area contributed by atoms with Gasteiger partial charge in [0.25, 0.3) is 5.56 Å². The molecule has 0 fully saturated rings. The van der Waals surface area contributed by atoms with E-state index in [4.69, 9.17) is 11.6 Å². The Balaban J connectivity index is 1.58. The first-order valence-corrected chi connectivity index (χ1v) is 9.30. The second-order valence-corrected chi connectivity index (χ2v) is 7.66. The van der Waals surface area contributed by atoms with E-state index in [0.29, 0.717) is 11.3 Å². The second kappa shape index (κ2) is 7.27. The molecule has 26 heavy (non-hydrogen) atoms. The van der Waals surface area contributed by atoms with Gasteiger partial charge in [-0.2, -0.15) is 5.10 Å². The van der Waals surface area contributed by atoms with Crippen molar-refractivity contribution < 1.29 is 0 Å². The monoisotopic (exact) mass is 382 g/mol. The Bertz CT molecular complexity index is 1080.